The zero-order valence-electron chi connectivity index (χ0n) is 7.60. The fraction of sp³-hybridized carbons (Fsp3) is 0.444. The van der Waals surface area contributed by atoms with Gasteiger partial charge in [0.2, 0.25) is 0 Å². The molecular formula is C9H13ClN2O2. The molecule has 0 saturated heterocycles. The Hall–Kier alpha value is -0.680. The predicted molar refractivity (Wildman–Crippen MR) is 53.9 cm³/mol. The lowest BCUT2D eigenvalue weighted by molar-refractivity contribution is 0.0125. The number of nitrogens with two attached hydrogens (primary N) is 1. The molecule has 0 amide bonds. The molecule has 0 radical (unpaired) electrons. The third-order valence-corrected chi connectivity index (χ3v) is 2.11. The van der Waals surface area contributed by atoms with Crippen LogP contribution in [-0.2, 0) is 0 Å². The molecule has 4 N–H and O–H groups in total. The van der Waals surface area contributed by atoms with E-state index in [-0.39, 0.29) is 0 Å². The summed E-state index contributed by atoms with van der Waals surface area (Å²) in [6, 6.07) is 3.12. The Labute approximate surface area is 87.3 Å². The van der Waals surface area contributed by atoms with Crippen LogP contribution in [0.3, 0.4) is 0 Å². The molecule has 78 valence electrons. The summed E-state index contributed by atoms with van der Waals surface area (Å²) in [6.07, 6.45) is -0.117. The second-order valence-corrected chi connectivity index (χ2v) is 3.42. The van der Waals surface area contributed by atoms with Crippen molar-refractivity contribution in [2.75, 3.05) is 6.54 Å². The Bertz CT molecular complexity index is 296. The Morgan fingerprint density at radius 2 is 2.21 bits per heavy atom. The first-order valence-electron chi connectivity index (χ1n) is 4.33. The normalized spacial score (nSPS) is 15.1. The molecule has 14 heavy (non-hydrogen) atoms. The topological polar surface area (TPSA) is 79.4 Å². The number of aliphatic hydroxyl groups is 2. The monoisotopic (exact) mass is 216 g/mol. The van der Waals surface area contributed by atoms with Crippen molar-refractivity contribution in [3.8, 4) is 0 Å². The van der Waals surface area contributed by atoms with Crippen LogP contribution in [0.15, 0.2) is 18.3 Å². The molecule has 5 heteroatoms. The highest BCUT2D eigenvalue weighted by atomic mass is 35.5. The van der Waals surface area contributed by atoms with Gasteiger partial charge in [0.15, 0.2) is 0 Å². The first kappa shape index (κ1) is 11.4. The number of aliphatic hydroxyl groups excluding tert-OH is 2. The molecule has 1 aromatic rings. The predicted octanol–water partition coefficient (Wildman–Crippen LogP) is 0.478. The highest BCUT2D eigenvalue weighted by Gasteiger charge is 2.18. The van der Waals surface area contributed by atoms with Crippen molar-refractivity contribution in [1.82, 2.24) is 4.98 Å². The van der Waals surface area contributed by atoms with Gasteiger partial charge in [-0.25, -0.2) is 0 Å². The minimum atomic E-state index is -1.03. The fourth-order valence-corrected chi connectivity index (χ4v) is 1.28. The second-order valence-electron chi connectivity index (χ2n) is 2.99. The quantitative estimate of drug-likeness (QED) is 0.684. The Morgan fingerprint density at radius 3 is 2.79 bits per heavy atom. The van der Waals surface area contributed by atoms with Crippen molar-refractivity contribution in [1.29, 1.82) is 0 Å². The Morgan fingerprint density at radius 1 is 1.50 bits per heavy atom. The summed E-state index contributed by atoms with van der Waals surface area (Å²) < 4.78 is 0. The summed E-state index contributed by atoms with van der Waals surface area (Å²) in [6.45, 7) is 0.318. The van der Waals surface area contributed by atoms with Gasteiger partial charge in [-0.15, -0.1) is 0 Å². The summed E-state index contributed by atoms with van der Waals surface area (Å²) in [4.78, 5) is 3.91. The highest BCUT2D eigenvalue weighted by Crippen LogP contribution is 2.19. The molecule has 0 fully saturated rings. The van der Waals surface area contributed by atoms with Gasteiger partial charge in [-0.05, 0) is 25.1 Å². The van der Waals surface area contributed by atoms with E-state index in [1.165, 1.54) is 12.3 Å². The van der Waals surface area contributed by atoms with E-state index in [0.29, 0.717) is 23.7 Å². The van der Waals surface area contributed by atoms with Crippen LogP contribution >= 0.6 is 11.6 Å². The summed E-state index contributed by atoms with van der Waals surface area (Å²) >= 11 is 5.71. The maximum atomic E-state index is 9.62. The minimum absolute atomic E-state index is 0.318. The van der Waals surface area contributed by atoms with Crippen molar-refractivity contribution < 1.29 is 10.2 Å². The molecule has 2 unspecified atom stereocenters. The molecular weight excluding hydrogens is 204 g/mol. The SMILES string of the molecule is NCCC(O)C(O)c1cc(Cl)ccn1. The van der Waals surface area contributed by atoms with Crippen LogP contribution in [0.25, 0.3) is 0 Å². The summed E-state index contributed by atoms with van der Waals surface area (Å²) in [7, 11) is 0. The lowest BCUT2D eigenvalue weighted by Gasteiger charge is -2.16. The standard InChI is InChI=1S/C9H13ClN2O2/c10-6-2-4-12-7(5-6)9(14)8(13)1-3-11/h2,4-5,8-9,13-14H,1,3,11H2. The van der Waals surface area contributed by atoms with Crippen LogP contribution in [0.4, 0.5) is 0 Å². The third kappa shape index (κ3) is 2.92. The Balaban J connectivity index is 2.73. The van der Waals surface area contributed by atoms with E-state index in [9.17, 15) is 10.2 Å². The molecule has 0 aliphatic rings. The first-order chi connectivity index (χ1) is 6.65. The lowest BCUT2D eigenvalue weighted by atomic mass is 10.1. The van der Waals surface area contributed by atoms with Gasteiger partial charge in [0, 0.05) is 11.2 Å². The van der Waals surface area contributed by atoms with Crippen molar-refractivity contribution >= 4 is 11.6 Å². The summed E-state index contributed by atoms with van der Waals surface area (Å²) in [5.74, 6) is 0. The smallest absolute Gasteiger partial charge is 0.122 e. The average Bonchev–Trinajstić information content (AvgIpc) is 2.17. The van der Waals surface area contributed by atoms with E-state index in [0.717, 1.165) is 0 Å². The molecule has 2 atom stereocenters. The average molecular weight is 217 g/mol. The zero-order valence-corrected chi connectivity index (χ0v) is 8.35. The minimum Gasteiger partial charge on any atom is -0.390 e. The number of rotatable bonds is 4. The van der Waals surface area contributed by atoms with E-state index in [2.05, 4.69) is 4.98 Å². The van der Waals surface area contributed by atoms with Gasteiger partial charge in [0.05, 0.1) is 11.8 Å². The maximum absolute atomic E-state index is 9.62. The number of hydrogen-bond donors (Lipinski definition) is 3. The van der Waals surface area contributed by atoms with Crippen molar-refractivity contribution in [3.63, 3.8) is 0 Å². The van der Waals surface area contributed by atoms with Crippen LogP contribution in [0.2, 0.25) is 5.02 Å². The van der Waals surface area contributed by atoms with Gasteiger partial charge in [-0.1, -0.05) is 11.6 Å². The molecule has 0 aromatic carbocycles. The molecule has 0 bridgehead atoms. The summed E-state index contributed by atoms with van der Waals surface area (Å²) in [5, 5.41) is 19.5. The molecule has 4 nitrogen and oxygen atoms in total. The molecule has 1 heterocycles. The number of pyridine rings is 1. The van der Waals surface area contributed by atoms with E-state index in [1.807, 2.05) is 0 Å². The number of nitrogens with zero attached hydrogens (tertiary/aromatic N) is 1. The van der Waals surface area contributed by atoms with Crippen molar-refractivity contribution in [2.24, 2.45) is 5.73 Å². The van der Waals surface area contributed by atoms with Crippen LogP contribution in [0.1, 0.15) is 18.2 Å². The number of hydrogen-bond acceptors (Lipinski definition) is 4. The molecule has 0 aliphatic carbocycles. The van der Waals surface area contributed by atoms with Gasteiger partial charge in [0.25, 0.3) is 0 Å². The highest BCUT2D eigenvalue weighted by molar-refractivity contribution is 6.30. The van der Waals surface area contributed by atoms with Crippen molar-refractivity contribution in [2.45, 2.75) is 18.6 Å². The van der Waals surface area contributed by atoms with E-state index in [4.69, 9.17) is 17.3 Å². The first-order valence-corrected chi connectivity index (χ1v) is 4.70. The van der Waals surface area contributed by atoms with Gasteiger partial charge in [0.1, 0.15) is 6.10 Å². The van der Waals surface area contributed by atoms with Gasteiger partial charge < -0.3 is 15.9 Å². The van der Waals surface area contributed by atoms with Crippen LogP contribution in [0, 0.1) is 0 Å². The Kier molecular flexibility index (Phi) is 4.28. The van der Waals surface area contributed by atoms with Crippen molar-refractivity contribution in [3.05, 3.63) is 29.0 Å². The van der Waals surface area contributed by atoms with Crippen LogP contribution in [-0.4, -0.2) is 27.8 Å². The van der Waals surface area contributed by atoms with E-state index in [1.54, 1.807) is 6.07 Å². The van der Waals surface area contributed by atoms with Gasteiger partial charge in [-0.3, -0.25) is 4.98 Å². The molecule has 0 saturated carbocycles. The van der Waals surface area contributed by atoms with E-state index < -0.39 is 12.2 Å². The zero-order chi connectivity index (χ0) is 10.6. The van der Waals surface area contributed by atoms with Crippen LogP contribution < -0.4 is 5.73 Å². The molecule has 1 rings (SSSR count). The largest absolute Gasteiger partial charge is 0.390 e. The molecule has 0 spiro atoms. The lowest BCUT2D eigenvalue weighted by Crippen LogP contribution is -2.22. The maximum Gasteiger partial charge on any atom is 0.122 e. The number of aromatic nitrogens is 1. The molecule has 1 aromatic heterocycles. The summed E-state index contributed by atoms with van der Waals surface area (Å²) in [5.41, 5.74) is 5.62. The van der Waals surface area contributed by atoms with Gasteiger partial charge in [-0.2, -0.15) is 0 Å². The fourth-order valence-electron chi connectivity index (χ4n) is 1.11. The third-order valence-electron chi connectivity index (χ3n) is 1.87. The van der Waals surface area contributed by atoms with Gasteiger partial charge >= 0.3 is 0 Å². The van der Waals surface area contributed by atoms with Crippen LogP contribution in [0.5, 0.6) is 0 Å². The number of halogens is 1. The van der Waals surface area contributed by atoms with E-state index >= 15 is 0 Å². The second kappa shape index (κ2) is 5.26. The molecule has 0 aliphatic heterocycles.